The number of unbranched alkanes of at least 4 members (excludes halogenated alkanes) is 2. The maximum atomic E-state index is 9.87. The first-order valence-corrected chi connectivity index (χ1v) is 5.66. The Balaban J connectivity index is 0. The summed E-state index contributed by atoms with van der Waals surface area (Å²) in [6, 6.07) is 0. The molecule has 0 atom stereocenters. The molecule has 0 aliphatic rings. The molecule has 0 saturated carbocycles. The average molecular weight is 236 g/mol. The molecule has 0 aliphatic carbocycles. The van der Waals surface area contributed by atoms with Crippen molar-refractivity contribution in [3.8, 4) is 0 Å². The number of aliphatic carboxylic acids is 1. The summed E-state index contributed by atoms with van der Waals surface area (Å²) in [6.45, 7) is 2.00. The summed E-state index contributed by atoms with van der Waals surface area (Å²) in [5.41, 5.74) is 0. The highest BCUT2D eigenvalue weighted by Gasteiger charge is 2.02. The van der Waals surface area contributed by atoms with Gasteiger partial charge in [0.2, 0.25) is 0 Å². The van der Waals surface area contributed by atoms with Crippen molar-refractivity contribution < 1.29 is 25.2 Å². The molecule has 0 rings (SSSR count). The molecular weight excluding hydrogens is 212 g/mol. The topological polar surface area (TPSA) is 98.0 Å². The van der Waals surface area contributed by atoms with Crippen molar-refractivity contribution >= 4 is 5.97 Å². The number of hydrogen-bond donors (Lipinski definition) is 4. The number of carbonyl (C=O) groups is 1. The fraction of sp³-hybridized carbons (Fsp3) is 0.909. The van der Waals surface area contributed by atoms with Crippen molar-refractivity contribution in [1.82, 2.24) is 0 Å². The summed E-state index contributed by atoms with van der Waals surface area (Å²) in [4.78, 5) is 9.87. The number of rotatable bonds is 8. The van der Waals surface area contributed by atoms with Crippen LogP contribution in [0.2, 0.25) is 0 Å². The Morgan fingerprint density at radius 1 is 1.12 bits per heavy atom. The van der Waals surface area contributed by atoms with Crippen LogP contribution in [0.1, 0.15) is 39.0 Å². The second kappa shape index (κ2) is 14.3. The van der Waals surface area contributed by atoms with Gasteiger partial charge in [-0.1, -0.05) is 19.8 Å². The van der Waals surface area contributed by atoms with E-state index >= 15 is 0 Å². The predicted octanol–water partition coefficient (Wildman–Crippen LogP) is 0.621. The molecule has 0 spiro atoms. The lowest BCUT2D eigenvalue weighted by molar-refractivity contribution is -0.137. The molecule has 0 fully saturated rings. The highest BCUT2D eigenvalue weighted by atomic mass is 16.4. The standard InChI is InChI=1S/C6H12O2.C5H12O3/c1-2-3-4-5-6(7)8;6-2-1-5(3-7)4-8/h2-5H2,1H3,(H,7,8);5-8H,1-4H2. The third-order valence-electron chi connectivity index (χ3n) is 2.05. The minimum absolute atomic E-state index is 0.0335. The molecule has 0 heterocycles. The number of hydrogen-bond acceptors (Lipinski definition) is 4. The van der Waals surface area contributed by atoms with Gasteiger partial charge in [-0.3, -0.25) is 4.79 Å². The molecule has 0 amide bonds. The smallest absolute Gasteiger partial charge is 0.303 e. The largest absolute Gasteiger partial charge is 0.481 e. The Bertz CT molecular complexity index is 145. The molecule has 0 unspecified atom stereocenters. The number of carboxylic acid groups (broad SMARTS) is 1. The van der Waals surface area contributed by atoms with Crippen molar-refractivity contribution in [3.63, 3.8) is 0 Å². The second-order valence-corrected chi connectivity index (χ2v) is 3.59. The van der Waals surface area contributed by atoms with Crippen molar-refractivity contribution in [2.45, 2.75) is 39.0 Å². The van der Waals surface area contributed by atoms with E-state index in [2.05, 4.69) is 6.92 Å². The van der Waals surface area contributed by atoms with E-state index in [0.717, 1.165) is 19.3 Å². The molecule has 0 radical (unpaired) electrons. The minimum Gasteiger partial charge on any atom is -0.481 e. The van der Waals surface area contributed by atoms with Crippen LogP contribution in [0.3, 0.4) is 0 Å². The van der Waals surface area contributed by atoms with Crippen molar-refractivity contribution in [1.29, 1.82) is 0 Å². The van der Waals surface area contributed by atoms with Gasteiger partial charge in [0.15, 0.2) is 0 Å². The number of aliphatic hydroxyl groups excluding tert-OH is 3. The van der Waals surface area contributed by atoms with E-state index in [1.165, 1.54) is 0 Å². The first-order chi connectivity index (χ1) is 7.62. The normalized spacial score (nSPS) is 9.81. The van der Waals surface area contributed by atoms with Gasteiger partial charge in [-0.05, 0) is 12.8 Å². The Hall–Kier alpha value is -0.650. The quantitative estimate of drug-likeness (QED) is 0.463. The lowest BCUT2D eigenvalue weighted by atomic mass is 10.1. The SMILES string of the molecule is CCCCCC(=O)O.OCCC(CO)CO. The molecule has 5 nitrogen and oxygen atoms in total. The maximum Gasteiger partial charge on any atom is 0.303 e. The highest BCUT2D eigenvalue weighted by molar-refractivity contribution is 5.66. The second-order valence-electron chi connectivity index (χ2n) is 3.59. The fourth-order valence-corrected chi connectivity index (χ4v) is 0.949. The van der Waals surface area contributed by atoms with Crippen LogP contribution in [0.5, 0.6) is 0 Å². The van der Waals surface area contributed by atoms with Crippen LogP contribution in [0.4, 0.5) is 0 Å². The Morgan fingerprint density at radius 2 is 1.69 bits per heavy atom. The highest BCUT2D eigenvalue weighted by Crippen LogP contribution is 1.97. The van der Waals surface area contributed by atoms with E-state index in [9.17, 15) is 4.79 Å². The molecule has 16 heavy (non-hydrogen) atoms. The number of carboxylic acids is 1. The van der Waals surface area contributed by atoms with Crippen LogP contribution < -0.4 is 0 Å². The molecule has 4 N–H and O–H groups in total. The Morgan fingerprint density at radius 3 is 1.94 bits per heavy atom. The Labute approximate surface area is 96.7 Å². The predicted molar refractivity (Wildman–Crippen MR) is 61.1 cm³/mol. The summed E-state index contributed by atoms with van der Waals surface area (Å²) < 4.78 is 0. The summed E-state index contributed by atoms with van der Waals surface area (Å²) in [6.07, 6.45) is 3.76. The van der Waals surface area contributed by atoms with Gasteiger partial charge in [0, 0.05) is 32.2 Å². The van der Waals surface area contributed by atoms with Crippen LogP contribution in [0.25, 0.3) is 0 Å². The van der Waals surface area contributed by atoms with Crippen LogP contribution >= 0.6 is 0 Å². The third-order valence-corrected chi connectivity index (χ3v) is 2.05. The van der Waals surface area contributed by atoms with Crippen LogP contribution in [0, 0.1) is 5.92 Å². The molecule has 0 aromatic heterocycles. The Kier molecular flexibility index (Phi) is 15.9. The number of aliphatic hydroxyl groups is 3. The van der Waals surface area contributed by atoms with Gasteiger partial charge in [-0.15, -0.1) is 0 Å². The summed E-state index contributed by atoms with van der Waals surface area (Å²) in [5.74, 6) is -0.821. The molecule has 0 aromatic rings. The lowest BCUT2D eigenvalue weighted by Crippen LogP contribution is -2.12. The van der Waals surface area contributed by atoms with E-state index in [1.807, 2.05) is 0 Å². The lowest BCUT2D eigenvalue weighted by Gasteiger charge is -2.06. The van der Waals surface area contributed by atoms with Crippen LogP contribution in [0.15, 0.2) is 0 Å². The van der Waals surface area contributed by atoms with Gasteiger partial charge in [-0.25, -0.2) is 0 Å². The van der Waals surface area contributed by atoms with Gasteiger partial charge in [-0.2, -0.15) is 0 Å². The summed E-state index contributed by atoms with van der Waals surface area (Å²) in [5, 5.41) is 33.2. The zero-order valence-corrected chi connectivity index (χ0v) is 9.93. The molecule has 0 aliphatic heterocycles. The summed E-state index contributed by atoms with van der Waals surface area (Å²) in [7, 11) is 0. The van der Waals surface area contributed by atoms with E-state index < -0.39 is 5.97 Å². The summed E-state index contributed by atoms with van der Waals surface area (Å²) >= 11 is 0. The zero-order valence-electron chi connectivity index (χ0n) is 9.93. The maximum absolute atomic E-state index is 9.87. The van der Waals surface area contributed by atoms with E-state index in [1.54, 1.807) is 0 Å². The van der Waals surface area contributed by atoms with Gasteiger partial charge in [0.05, 0.1) is 0 Å². The molecule has 5 heteroatoms. The van der Waals surface area contributed by atoms with Crippen molar-refractivity contribution in [2.75, 3.05) is 19.8 Å². The van der Waals surface area contributed by atoms with Gasteiger partial charge >= 0.3 is 5.97 Å². The van der Waals surface area contributed by atoms with E-state index in [0.29, 0.717) is 12.8 Å². The van der Waals surface area contributed by atoms with E-state index in [-0.39, 0.29) is 25.7 Å². The molecular formula is C11H24O5. The molecule has 0 aromatic carbocycles. The minimum atomic E-state index is -0.682. The van der Waals surface area contributed by atoms with E-state index in [4.69, 9.17) is 20.4 Å². The zero-order chi connectivity index (χ0) is 12.8. The van der Waals surface area contributed by atoms with Gasteiger partial charge in [0.25, 0.3) is 0 Å². The van der Waals surface area contributed by atoms with Crippen LogP contribution in [-0.4, -0.2) is 46.2 Å². The van der Waals surface area contributed by atoms with Crippen molar-refractivity contribution in [3.05, 3.63) is 0 Å². The molecule has 0 bridgehead atoms. The van der Waals surface area contributed by atoms with Gasteiger partial charge < -0.3 is 20.4 Å². The molecule has 0 saturated heterocycles. The van der Waals surface area contributed by atoms with Gasteiger partial charge in [0.1, 0.15) is 0 Å². The average Bonchev–Trinajstić information content (AvgIpc) is 2.27. The monoisotopic (exact) mass is 236 g/mol. The third kappa shape index (κ3) is 15.8. The van der Waals surface area contributed by atoms with Crippen LogP contribution in [-0.2, 0) is 4.79 Å². The first-order valence-electron chi connectivity index (χ1n) is 5.66. The fourth-order valence-electron chi connectivity index (χ4n) is 0.949. The first kappa shape index (κ1) is 17.7. The molecule has 98 valence electrons. The van der Waals surface area contributed by atoms with Crippen molar-refractivity contribution in [2.24, 2.45) is 5.92 Å².